The first kappa shape index (κ1) is 16.7. The maximum absolute atomic E-state index is 12.8. The van der Waals surface area contributed by atoms with Crippen LogP contribution in [0.3, 0.4) is 0 Å². The summed E-state index contributed by atoms with van der Waals surface area (Å²) in [6.45, 7) is 8.87. The molecule has 1 saturated carbocycles. The van der Waals surface area contributed by atoms with Gasteiger partial charge in [0.15, 0.2) is 5.78 Å². The Kier molecular flexibility index (Phi) is 4.46. The van der Waals surface area contributed by atoms with Crippen LogP contribution in [0.4, 0.5) is 0 Å². The van der Waals surface area contributed by atoms with Crippen LogP contribution in [-0.4, -0.2) is 16.9 Å². The summed E-state index contributed by atoms with van der Waals surface area (Å²) >= 11 is 0. The lowest BCUT2D eigenvalue weighted by Gasteiger charge is -2.41. The molecule has 2 rings (SSSR count). The predicted octanol–water partition coefficient (Wildman–Crippen LogP) is 4.81. The molecule has 0 radical (unpaired) electrons. The second-order valence-corrected chi connectivity index (χ2v) is 7.91. The van der Waals surface area contributed by atoms with Crippen molar-refractivity contribution in [3.05, 3.63) is 35.4 Å². The molecule has 1 aromatic rings. The van der Waals surface area contributed by atoms with E-state index >= 15 is 0 Å². The van der Waals surface area contributed by atoms with E-state index < -0.39 is 5.97 Å². The van der Waals surface area contributed by atoms with E-state index in [9.17, 15) is 9.59 Å². The Morgan fingerprint density at radius 1 is 1.05 bits per heavy atom. The van der Waals surface area contributed by atoms with Crippen LogP contribution in [0, 0.1) is 16.7 Å². The fraction of sp³-hybridized carbons (Fsp3) is 0.579. The van der Waals surface area contributed by atoms with Gasteiger partial charge in [0.1, 0.15) is 0 Å². The average molecular weight is 302 g/mol. The molecular weight excluding hydrogens is 276 g/mol. The quantitative estimate of drug-likeness (QED) is 0.815. The van der Waals surface area contributed by atoms with Crippen LogP contribution in [0.2, 0.25) is 0 Å². The summed E-state index contributed by atoms with van der Waals surface area (Å²) in [5, 5.41) is 8.93. The Bertz CT molecular complexity index is 555. The molecule has 1 aliphatic carbocycles. The Morgan fingerprint density at radius 3 is 1.91 bits per heavy atom. The van der Waals surface area contributed by atoms with E-state index in [4.69, 9.17) is 5.11 Å². The topological polar surface area (TPSA) is 54.4 Å². The second-order valence-electron chi connectivity index (χ2n) is 7.91. The van der Waals surface area contributed by atoms with Crippen molar-refractivity contribution in [3.63, 3.8) is 0 Å². The third-order valence-corrected chi connectivity index (χ3v) is 5.26. The number of rotatable bonds is 3. The van der Waals surface area contributed by atoms with Gasteiger partial charge in [-0.15, -0.1) is 0 Å². The first-order chi connectivity index (χ1) is 10.1. The summed E-state index contributed by atoms with van der Waals surface area (Å²) < 4.78 is 0. The molecular formula is C19H26O3. The first-order valence-corrected chi connectivity index (χ1v) is 8.02. The van der Waals surface area contributed by atoms with E-state index in [1.54, 1.807) is 12.1 Å². The van der Waals surface area contributed by atoms with E-state index in [2.05, 4.69) is 27.7 Å². The van der Waals surface area contributed by atoms with Gasteiger partial charge in [-0.2, -0.15) is 0 Å². The van der Waals surface area contributed by atoms with Gasteiger partial charge in [-0.25, -0.2) is 4.79 Å². The largest absolute Gasteiger partial charge is 0.478 e. The average Bonchev–Trinajstić information content (AvgIpc) is 2.46. The van der Waals surface area contributed by atoms with Gasteiger partial charge in [0.05, 0.1) is 5.56 Å². The summed E-state index contributed by atoms with van der Waals surface area (Å²) in [5.74, 6) is -0.143. The lowest BCUT2D eigenvalue weighted by Crippen LogP contribution is -2.36. The monoisotopic (exact) mass is 302 g/mol. The zero-order chi connectivity index (χ0) is 16.5. The number of carboxylic acids is 1. The Morgan fingerprint density at radius 2 is 1.50 bits per heavy atom. The van der Waals surface area contributed by atoms with Crippen LogP contribution in [0.15, 0.2) is 24.3 Å². The molecule has 0 aromatic heterocycles. The SMILES string of the molecule is CC1(C(=O)c2ccc(C(=O)O)cc2)CCC(C(C)(C)C)CC1. The minimum absolute atomic E-state index is 0.150. The molecule has 22 heavy (non-hydrogen) atoms. The summed E-state index contributed by atoms with van der Waals surface area (Å²) in [4.78, 5) is 23.7. The molecule has 3 nitrogen and oxygen atoms in total. The number of hydrogen-bond donors (Lipinski definition) is 1. The zero-order valence-corrected chi connectivity index (χ0v) is 14.0. The van der Waals surface area contributed by atoms with Gasteiger partial charge in [0, 0.05) is 11.0 Å². The van der Waals surface area contributed by atoms with Gasteiger partial charge in [-0.3, -0.25) is 4.79 Å². The van der Waals surface area contributed by atoms with E-state index in [1.165, 1.54) is 12.1 Å². The summed E-state index contributed by atoms with van der Waals surface area (Å²) in [6, 6.07) is 6.32. The third kappa shape index (κ3) is 3.40. The number of Topliss-reactive ketones (excluding diaryl/α,β-unsaturated/α-hetero) is 1. The molecule has 0 aliphatic heterocycles. The van der Waals surface area contributed by atoms with Crippen LogP contribution in [-0.2, 0) is 0 Å². The molecule has 1 fully saturated rings. The molecule has 120 valence electrons. The van der Waals surface area contributed by atoms with Gasteiger partial charge in [0.25, 0.3) is 0 Å². The third-order valence-electron chi connectivity index (χ3n) is 5.26. The highest BCUT2D eigenvalue weighted by Gasteiger charge is 2.40. The smallest absolute Gasteiger partial charge is 0.335 e. The van der Waals surface area contributed by atoms with E-state index in [1.807, 2.05) is 0 Å². The Labute approximate surface area is 132 Å². The van der Waals surface area contributed by atoms with Crippen LogP contribution >= 0.6 is 0 Å². The van der Waals surface area contributed by atoms with Gasteiger partial charge in [0.2, 0.25) is 0 Å². The zero-order valence-electron chi connectivity index (χ0n) is 14.0. The molecule has 0 saturated heterocycles. The number of carbonyl (C=O) groups is 2. The highest BCUT2D eigenvalue weighted by molar-refractivity contribution is 6.01. The normalized spacial score (nSPS) is 25.7. The number of ketones is 1. The summed E-state index contributed by atoms with van der Waals surface area (Å²) in [5.41, 5.74) is 0.833. The minimum Gasteiger partial charge on any atom is -0.478 e. The molecule has 0 amide bonds. The molecule has 0 heterocycles. The lowest BCUT2D eigenvalue weighted by atomic mass is 9.63. The predicted molar refractivity (Wildman–Crippen MR) is 87.3 cm³/mol. The molecule has 1 aliphatic rings. The fourth-order valence-electron chi connectivity index (χ4n) is 3.46. The summed E-state index contributed by atoms with van der Waals surface area (Å²) in [6.07, 6.45) is 3.99. The van der Waals surface area contributed by atoms with Crippen molar-refractivity contribution in [1.82, 2.24) is 0 Å². The van der Waals surface area contributed by atoms with Crippen molar-refractivity contribution in [2.24, 2.45) is 16.7 Å². The number of hydrogen-bond acceptors (Lipinski definition) is 2. The highest BCUT2D eigenvalue weighted by atomic mass is 16.4. The van der Waals surface area contributed by atoms with Gasteiger partial charge in [-0.05, 0) is 49.1 Å². The highest BCUT2D eigenvalue weighted by Crippen LogP contribution is 2.46. The van der Waals surface area contributed by atoms with Crippen molar-refractivity contribution in [2.75, 3.05) is 0 Å². The first-order valence-electron chi connectivity index (χ1n) is 8.02. The molecule has 1 aromatic carbocycles. The fourth-order valence-corrected chi connectivity index (χ4v) is 3.46. The molecule has 0 bridgehead atoms. The number of carbonyl (C=O) groups excluding carboxylic acids is 1. The Hall–Kier alpha value is -1.64. The van der Waals surface area contributed by atoms with E-state index in [-0.39, 0.29) is 16.8 Å². The van der Waals surface area contributed by atoms with Crippen LogP contribution in [0.1, 0.15) is 74.1 Å². The lowest BCUT2D eigenvalue weighted by molar-refractivity contribution is 0.0609. The molecule has 0 unspecified atom stereocenters. The van der Waals surface area contributed by atoms with Crippen molar-refractivity contribution in [1.29, 1.82) is 0 Å². The Balaban J connectivity index is 2.11. The van der Waals surface area contributed by atoms with Crippen LogP contribution in [0.25, 0.3) is 0 Å². The van der Waals surface area contributed by atoms with Crippen LogP contribution < -0.4 is 0 Å². The van der Waals surface area contributed by atoms with Gasteiger partial charge in [-0.1, -0.05) is 39.8 Å². The van der Waals surface area contributed by atoms with Crippen molar-refractivity contribution in [3.8, 4) is 0 Å². The minimum atomic E-state index is -0.962. The van der Waals surface area contributed by atoms with Crippen molar-refractivity contribution < 1.29 is 14.7 Å². The number of benzene rings is 1. The molecule has 0 spiro atoms. The standard InChI is InChI=1S/C19H26O3/c1-18(2,3)15-9-11-19(4,12-10-15)16(20)13-5-7-14(8-6-13)17(21)22/h5-8,15H,9-12H2,1-4H3,(H,21,22). The number of carboxylic acid groups (broad SMARTS) is 1. The summed E-state index contributed by atoms with van der Waals surface area (Å²) in [7, 11) is 0. The van der Waals surface area contributed by atoms with Crippen molar-refractivity contribution in [2.45, 2.75) is 53.4 Å². The maximum Gasteiger partial charge on any atom is 0.335 e. The maximum atomic E-state index is 12.8. The number of aromatic carboxylic acids is 1. The van der Waals surface area contributed by atoms with Crippen molar-refractivity contribution >= 4 is 11.8 Å². The van der Waals surface area contributed by atoms with Gasteiger partial charge >= 0.3 is 5.97 Å². The molecule has 3 heteroatoms. The molecule has 1 N–H and O–H groups in total. The van der Waals surface area contributed by atoms with E-state index in [0.717, 1.165) is 25.7 Å². The molecule has 0 atom stereocenters. The van der Waals surface area contributed by atoms with E-state index in [0.29, 0.717) is 16.9 Å². The second kappa shape index (κ2) is 5.86. The van der Waals surface area contributed by atoms with Gasteiger partial charge < -0.3 is 5.11 Å². The van der Waals surface area contributed by atoms with Crippen LogP contribution in [0.5, 0.6) is 0 Å².